The van der Waals surface area contributed by atoms with Crippen molar-refractivity contribution in [3.05, 3.63) is 0 Å². The van der Waals surface area contributed by atoms with Gasteiger partial charge in [0, 0.05) is 18.1 Å². The van der Waals surface area contributed by atoms with Crippen molar-refractivity contribution in [3.8, 4) is 0 Å². The van der Waals surface area contributed by atoms with Gasteiger partial charge in [0.05, 0.1) is 0 Å². The molecule has 0 aliphatic heterocycles. The van der Waals surface area contributed by atoms with Gasteiger partial charge in [-0.2, -0.15) is 5.10 Å². The smallest absolute Gasteiger partial charge is 0.236 e. The average Bonchev–Trinajstić information content (AvgIpc) is 2.46. The quantitative estimate of drug-likeness (QED) is 0.660. The predicted octanol–water partition coefficient (Wildman–Crippen LogP) is 2.32. The van der Waals surface area contributed by atoms with Crippen molar-refractivity contribution < 1.29 is 4.79 Å². The number of nitrogens with zero attached hydrogens (tertiary/aromatic N) is 1. The number of hydrogen-bond acceptors (Lipinski definition) is 2. The van der Waals surface area contributed by atoms with E-state index in [4.69, 9.17) is 0 Å². The van der Waals surface area contributed by atoms with Gasteiger partial charge in [-0.1, -0.05) is 20.8 Å². The van der Waals surface area contributed by atoms with Gasteiger partial charge >= 0.3 is 0 Å². The van der Waals surface area contributed by atoms with Crippen LogP contribution in [-0.4, -0.2) is 11.6 Å². The van der Waals surface area contributed by atoms with Crippen molar-refractivity contribution in [2.75, 3.05) is 0 Å². The molecule has 2 rings (SSSR count). The maximum Gasteiger partial charge on any atom is 0.236 e. The van der Waals surface area contributed by atoms with Crippen molar-refractivity contribution >= 4 is 11.6 Å². The Morgan fingerprint density at radius 3 is 2.53 bits per heavy atom. The summed E-state index contributed by atoms with van der Waals surface area (Å²) in [5, 5.41) is 4.29. The first kappa shape index (κ1) is 10.7. The van der Waals surface area contributed by atoms with Gasteiger partial charge in [0.2, 0.25) is 5.91 Å². The van der Waals surface area contributed by atoms with E-state index in [1.165, 1.54) is 25.5 Å². The van der Waals surface area contributed by atoms with Crippen molar-refractivity contribution in [1.82, 2.24) is 5.43 Å². The van der Waals surface area contributed by atoms with E-state index >= 15 is 0 Å². The molecular formula is C12H20N2O. The molecule has 3 nitrogen and oxygen atoms in total. The lowest BCUT2D eigenvalue weighted by Crippen LogP contribution is -2.34. The maximum absolute atomic E-state index is 10.9. The summed E-state index contributed by atoms with van der Waals surface area (Å²) >= 11 is 0. The summed E-state index contributed by atoms with van der Waals surface area (Å²) in [6, 6.07) is 0. The van der Waals surface area contributed by atoms with Crippen molar-refractivity contribution in [3.63, 3.8) is 0 Å². The molecule has 0 aromatic heterocycles. The molecule has 2 unspecified atom stereocenters. The molecule has 2 aliphatic carbocycles. The fraction of sp³-hybridized carbons (Fsp3) is 0.833. The normalized spacial score (nSPS) is 39.7. The molecule has 0 spiro atoms. The zero-order chi connectivity index (χ0) is 11.3. The molecule has 84 valence electrons. The number of fused-ring (bicyclic) bond motifs is 2. The van der Waals surface area contributed by atoms with Crippen LogP contribution in [0.25, 0.3) is 0 Å². The van der Waals surface area contributed by atoms with Gasteiger partial charge in [-0.25, -0.2) is 5.43 Å². The molecule has 0 aromatic carbocycles. The number of hydrogen-bond donors (Lipinski definition) is 1. The minimum Gasteiger partial charge on any atom is -0.274 e. The summed E-state index contributed by atoms with van der Waals surface area (Å²) in [6.45, 7) is 8.47. The molecule has 1 amide bonds. The summed E-state index contributed by atoms with van der Waals surface area (Å²) in [7, 11) is 0. The van der Waals surface area contributed by atoms with Gasteiger partial charge in [0.15, 0.2) is 0 Å². The number of hydrazone groups is 1. The van der Waals surface area contributed by atoms with Gasteiger partial charge in [0.25, 0.3) is 0 Å². The van der Waals surface area contributed by atoms with Crippen LogP contribution >= 0.6 is 0 Å². The predicted molar refractivity (Wildman–Crippen MR) is 60.5 cm³/mol. The van der Waals surface area contributed by atoms with Gasteiger partial charge in [-0.3, -0.25) is 4.79 Å². The SMILES string of the molecule is CC(=O)NN=C1CC2CCC1(C)C2(C)C. The molecule has 0 heterocycles. The summed E-state index contributed by atoms with van der Waals surface area (Å²) in [4.78, 5) is 10.9. The molecule has 2 fully saturated rings. The molecule has 2 aliphatic rings. The van der Waals surface area contributed by atoms with Crippen LogP contribution in [0.1, 0.15) is 47.0 Å². The van der Waals surface area contributed by atoms with E-state index in [9.17, 15) is 4.79 Å². The first-order chi connectivity index (χ1) is 6.88. The van der Waals surface area contributed by atoms with Crippen LogP contribution in [0.4, 0.5) is 0 Å². The number of amides is 1. The lowest BCUT2D eigenvalue weighted by Gasteiger charge is -2.34. The van der Waals surface area contributed by atoms with E-state index < -0.39 is 0 Å². The van der Waals surface area contributed by atoms with Crippen LogP contribution < -0.4 is 5.43 Å². The Labute approximate surface area is 91.3 Å². The zero-order valence-electron chi connectivity index (χ0n) is 10.1. The van der Waals surface area contributed by atoms with Gasteiger partial charge in [-0.05, 0) is 30.6 Å². The first-order valence-electron chi connectivity index (χ1n) is 5.71. The largest absolute Gasteiger partial charge is 0.274 e. The second-order valence-electron chi connectivity index (χ2n) is 5.72. The number of carbonyl (C=O) groups is 1. The minimum absolute atomic E-state index is 0.0771. The number of nitrogens with one attached hydrogen (secondary N) is 1. The molecule has 0 saturated heterocycles. The van der Waals surface area contributed by atoms with E-state index in [1.54, 1.807) is 0 Å². The van der Waals surface area contributed by atoms with E-state index in [-0.39, 0.29) is 11.3 Å². The average molecular weight is 208 g/mol. The first-order valence-corrected chi connectivity index (χ1v) is 5.71. The van der Waals surface area contributed by atoms with Gasteiger partial charge in [-0.15, -0.1) is 0 Å². The third-order valence-corrected chi connectivity index (χ3v) is 4.86. The van der Waals surface area contributed by atoms with Gasteiger partial charge in [0.1, 0.15) is 0 Å². The van der Waals surface area contributed by atoms with Crippen LogP contribution in [0.2, 0.25) is 0 Å². The highest BCUT2D eigenvalue weighted by Crippen LogP contribution is 2.63. The Morgan fingerprint density at radius 1 is 1.47 bits per heavy atom. The number of carbonyl (C=O) groups excluding carboxylic acids is 1. The van der Waals surface area contributed by atoms with Crippen LogP contribution in [0, 0.1) is 16.7 Å². The van der Waals surface area contributed by atoms with Crippen molar-refractivity contribution in [1.29, 1.82) is 0 Å². The monoisotopic (exact) mass is 208 g/mol. The Balaban J connectivity index is 2.26. The van der Waals surface area contributed by atoms with Crippen LogP contribution in [0.15, 0.2) is 5.10 Å². The summed E-state index contributed by atoms with van der Waals surface area (Å²) in [6.07, 6.45) is 3.58. The van der Waals surface area contributed by atoms with Crippen LogP contribution in [-0.2, 0) is 4.79 Å². The van der Waals surface area contributed by atoms with Crippen LogP contribution in [0.3, 0.4) is 0 Å². The highest BCUT2D eigenvalue weighted by Gasteiger charge is 2.59. The lowest BCUT2D eigenvalue weighted by molar-refractivity contribution is -0.118. The fourth-order valence-electron chi connectivity index (χ4n) is 3.24. The molecule has 1 N–H and O–H groups in total. The minimum atomic E-state index is -0.0771. The van der Waals surface area contributed by atoms with E-state index in [2.05, 4.69) is 31.3 Å². The molecule has 0 radical (unpaired) electrons. The molecule has 3 heteroatoms. The Hall–Kier alpha value is -0.860. The van der Waals surface area contributed by atoms with E-state index in [0.717, 1.165) is 12.3 Å². The summed E-state index contributed by atoms with van der Waals surface area (Å²) in [5.74, 6) is 0.668. The Kier molecular flexibility index (Phi) is 2.18. The summed E-state index contributed by atoms with van der Waals surface area (Å²) < 4.78 is 0. The second-order valence-corrected chi connectivity index (χ2v) is 5.72. The third-order valence-electron chi connectivity index (χ3n) is 4.86. The van der Waals surface area contributed by atoms with E-state index in [0.29, 0.717) is 5.41 Å². The molecule has 2 atom stereocenters. The molecule has 2 saturated carbocycles. The van der Waals surface area contributed by atoms with Crippen LogP contribution in [0.5, 0.6) is 0 Å². The standard InChI is InChI=1S/C12H20N2O/c1-8(15)13-14-10-7-9-5-6-12(10,4)11(9,2)3/h9H,5-7H2,1-4H3,(H,13,15). The molecule has 2 bridgehead atoms. The highest BCUT2D eigenvalue weighted by molar-refractivity contribution is 5.94. The Bertz CT molecular complexity index is 333. The zero-order valence-corrected chi connectivity index (χ0v) is 10.1. The van der Waals surface area contributed by atoms with Crippen molar-refractivity contribution in [2.45, 2.75) is 47.0 Å². The van der Waals surface area contributed by atoms with E-state index in [1.807, 2.05) is 0 Å². The molecule has 15 heavy (non-hydrogen) atoms. The number of rotatable bonds is 1. The topological polar surface area (TPSA) is 41.5 Å². The maximum atomic E-state index is 10.9. The highest BCUT2D eigenvalue weighted by atomic mass is 16.2. The second kappa shape index (κ2) is 3.06. The molecular weight excluding hydrogens is 188 g/mol. The summed E-state index contributed by atoms with van der Waals surface area (Å²) in [5.41, 5.74) is 4.31. The van der Waals surface area contributed by atoms with Gasteiger partial charge < -0.3 is 0 Å². The Morgan fingerprint density at radius 2 is 2.13 bits per heavy atom. The lowest BCUT2D eigenvalue weighted by atomic mass is 9.70. The molecule has 0 aromatic rings. The van der Waals surface area contributed by atoms with Crippen molar-refractivity contribution in [2.24, 2.45) is 21.8 Å². The third kappa shape index (κ3) is 1.32. The fourth-order valence-corrected chi connectivity index (χ4v) is 3.24.